The summed E-state index contributed by atoms with van der Waals surface area (Å²) in [4.78, 5) is 36.2. The van der Waals surface area contributed by atoms with Gasteiger partial charge < -0.3 is 9.84 Å². The summed E-state index contributed by atoms with van der Waals surface area (Å²) in [5.41, 5.74) is 6.76. The second kappa shape index (κ2) is 7.42. The van der Waals surface area contributed by atoms with Gasteiger partial charge in [0.15, 0.2) is 6.10 Å². The number of allylic oxidation sites excluding steroid dienone is 2. The van der Waals surface area contributed by atoms with Gasteiger partial charge in [0.2, 0.25) is 5.91 Å². The van der Waals surface area contributed by atoms with Crippen molar-refractivity contribution in [1.82, 2.24) is 10.9 Å². The van der Waals surface area contributed by atoms with Crippen molar-refractivity contribution < 1.29 is 24.2 Å². The minimum absolute atomic E-state index is 0.100. The number of ether oxygens (including phenoxy) is 1. The van der Waals surface area contributed by atoms with Gasteiger partial charge in [-0.1, -0.05) is 18.2 Å². The Labute approximate surface area is 157 Å². The summed E-state index contributed by atoms with van der Waals surface area (Å²) in [6.45, 7) is 5.46. The van der Waals surface area contributed by atoms with Crippen molar-refractivity contribution in [2.24, 2.45) is 23.7 Å². The molecule has 3 N–H and O–H groups in total. The Bertz CT molecular complexity index is 783. The van der Waals surface area contributed by atoms with Crippen molar-refractivity contribution in [3.05, 3.63) is 41.5 Å². The number of nitrogens with one attached hydrogen (secondary N) is 2. The zero-order chi connectivity index (χ0) is 19.7. The highest BCUT2D eigenvalue weighted by Gasteiger charge is 2.51. The zero-order valence-electron chi connectivity index (χ0n) is 15.6. The normalized spacial score (nSPS) is 26.5. The van der Waals surface area contributed by atoms with E-state index in [-0.39, 0.29) is 11.8 Å². The van der Waals surface area contributed by atoms with Gasteiger partial charge in [-0.05, 0) is 62.3 Å². The maximum Gasteiger partial charge on any atom is 0.307 e. The molecule has 0 saturated heterocycles. The monoisotopic (exact) mass is 372 g/mol. The molecule has 1 aromatic carbocycles. The first-order valence-electron chi connectivity index (χ1n) is 9.02. The van der Waals surface area contributed by atoms with Crippen molar-refractivity contribution in [3.8, 4) is 5.75 Å². The number of carboxylic acids is 1. The zero-order valence-corrected chi connectivity index (χ0v) is 15.6. The first kappa shape index (κ1) is 18.9. The minimum Gasteiger partial charge on any atom is -0.481 e. The van der Waals surface area contributed by atoms with Crippen LogP contribution < -0.4 is 15.6 Å². The van der Waals surface area contributed by atoms with Crippen molar-refractivity contribution >= 4 is 17.8 Å². The van der Waals surface area contributed by atoms with E-state index in [1.54, 1.807) is 6.92 Å². The van der Waals surface area contributed by atoms with Gasteiger partial charge >= 0.3 is 5.97 Å². The summed E-state index contributed by atoms with van der Waals surface area (Å²) >= 11 is 0. The van der Waals surface area contributed by atoms with Gasteiger partial charge in [-0.15, -0.1) is 0 Å². The molecule has 0 radical (unpaired) electrons. The summed E-state index contributed by atoms with van der Waals surface area (Å²) in [7, 11) is 0. The average Bonchev–Trinajstić information content (AvgIpc) is 3.19. The summed E-state index contributed by atoms with van der Waals surface area (Å²) < 4.78 is 5.64. The van der Waals surface area contributed by atoms with E-state index >= 15 is 0 Å². The van der Waals surface area contributed by atoms with E-state index in [1.165, 1.54) is 0 Å². The summed E-state index contributed by atoms with van der Waals surface area (Å²) in [5, 5.41) is 9.41. The second-order valence-electron chi connectivity index (χ2n) is 7.40. The molecule has 2 bridgehead atoms. The molecule has 1 saturated carbocycles. The lowest BCUT2D eigenvalue weighted by Gasteiger charge is -2.24. The Balaban J connectivity index is 1.56. The molecule has 2 aliphatic carbocycles. The highest BCUT2D eigenvalue weighted by molar-refractivity contribution is 5.89. The van der Waals surface area contributed by atoms with Gasteiger partial charge in [-0.25, -0.2) is 0 Å². The molecule has 7 nitrogen and oxygen atoms in total. The summed E-state index contributed by atoms with van der Waals surface area (Å²) in [6.07, 6.45) is 3.60. The molecule has 0 spiro atoms. The molecule has 2 aliphatic rings. The van der Waals surface area contributed by atoms with Crippen LogP contribution in [0.1, 0.15) is 24.5 Å². The van der Waals surface area contributed by atoms with Crippen molar-refractivity contribution in [2.45, 2.75) is 33.3 Å². The molecule has 5 atom stereocenters. The number of amides is 2. The fraction of sp³-hybridized carbons (Fsp3) is 0.450. The fourth-order valence-corrected chi connectivity index (χ4v) is 4.08. The van der Waals surface area contributed by atoms with Crippen LogP contribution in [0.3, 0.4) is 0 Å². The maximum atomic E-state index is 12.5. The molecule has 0 aromatic heterocycles. The molecule has 7 heteroatoms. The highest BCUT2D eigenvalue weighted by Crippen LogP contribution is 2.48. The number of fused-ring (bicyclic) bond motifs is 2. The average molecular weight is 372 g/mol. The standard InChI is InChI=1S/C20H24N2O5/c1-10-6-11(2)8-15(7-10)27-12(3)18(23)21-22-19(24)16-13-4-5-14(9-13)17(16)20(25)26/h4-8,12-14,16-17H,9H2,1-3H3,(H,21,23)(H,22,24)(H,25,26). The third-order valence-corrected chi connectivity index (χ3v) is 5.23. The molecule has 27 heavy (non-hydrogen) atoms. The van der Waals surface area contributed by atoms with Gasteiger partial charge in [0.25, 0.3) is 5.91 Å². The molecular weight excluding hydrogens is 348 g/mol. The molecule has 1 fully saturated rings. The quantitative estimate of drug-likeness (QED) is 0.539. The van der Waals surface area contributed by atoms with Gasteiger partial charge in [-0.3, -0.25) is 25.2 Å². The predicted molar refractivity (Wildman–Crippen MR) is 97.6 cm³/mol. The van der Waals surface area contributed by atoms with Crippen LogP contribution in [-0.2, 0) is 14.4 Å². The molecule has 0 aliphatic heterocycles. The lowest BCUT2D eigenvalue weighted by Crippen LogP contribution is -2.51. The number of carbonyl (C=O) groups is 3. The summed E-state index contributed by atoms with van der Waals surface area (Å²) in [6, 6.07) is 5.66. The number of aliphatic carboxylic acids is 1. The largest absolute Gasteiger partial charge is 0.481 e. The number of hydrogen-bond donors (Lipinski definition) is 3. The number of hydrazine groups is 1. The molecule has 2 amide bonds. The first-order valence-corrected chi connectivity index (χ1v) is 9.02. The van der Waals surface area contributed by atoms with Gasteiger partial charge in [0.05, 0.1) is 11.8 Å². The number of carbonyl (C=O) groups excluding carboxylic acids is 2. The third kappa shape index (κ3) is 3.97. The van der Waals surface area contributed by atoms with Crippen LogP contribution in [0, 0.1) is 37.5 Å². The Hall–Kier alpha value is -2.83. The van der Waals surface area contributed by atoms with Crippen molar-refractivity contribution in [2.75, 3.05) is 0 Å². The lowest BCUT2D eigenvalue weighted by molar-refractivity contribution is -0.148. The second-order valence-corrected chi connectivity index (χ2v) is 7.40. The number of hydrogen-bond acceptors (Lipinski definition) is 4. The Morgan fingerprint density at radius 3 is 2.22 bits per heavy atom. The van der Waals surface area contributed by atoms with Crippen LogP contribution in [0.15, 0.2) is 30.4 Å². The van der Waals surface area contributed by atoms with Crippen LogP contribution in [0.25, 0.3) is 0 Å². The molecular formula is C20H24N2O5. The van der Waals surface area contributed by atoms with E-state index in [0.717, 1.165) is 11.1 Å². The van der Waals surface area contributed by atoms with Crippen LogP contribution in [0.2, 0.25) is 0 Å². The van der Waals surface area contributed by atoms with Gasteiger partial charge in [0, 0.05) is 0 Å². The van der Waals surface area contributed by atoms with Gasteiger partial charge in [0.1, 0.15) is 5.75 Å². The Morgan fingerprint density at radius 2 is 1.63 bits per heavy atom. The van der Waals surface area contributed by atoms with Crippen molar-refractivity contribution in [1.29, 1.82) is 0 Å². The minimum atomic E-state index is -0.982. The number of benzene rings is 1. The van der Waals surface area contributed by atoms with Crippen LogP contribution in [0.4, 0.5) is 0 Å². The van der Waals surface area contributed by atoms with Gasteiger partial charge in [-0.2, -0.15) is 0 Å². The number of rotatable bonds is 5. The van der Waals surface area contributed by atoms with E-state index < -0.39 is 35.7 Å². The first-order chi connectivity index (χ1) is 12.8. The fourth-order valence-electron chi connectivity index (χ4n) is 4.08. The van der Waals surface area contributed by atoms with Crippen molar-refractivity contribution in [3.63, 3.8) is 0 Å². The number of aryl methyl sites for hydroxylation is 2. The predicted octanol–water partition coefficient (Wildman–Crippen LogP) is 1.74. The van der Waals surface area contributed by atoms with E-state index in [4.69, 9.17) is 4.74 Å². The molecule has 1 aromatic rings. The molecule has 144 valence electrons. The Morgan fingerprint density at radius 1 is 1.04 bits per heavy atom. The smallest absolute Gasteiger partial charge is 0.307 e. The molecule has 3 rings (SSSR count). The highest BCUT2D eigenvalue weighted by atomic mass is 16.5. The van der Waals surface area contributed by atoms with Crippen LogP contribution in [-0.4, -0.2) is 29.0 Å². The van der Waals surface area contributed by atoms with E-state index in [9.17, 15) is 19.5 Å². The third-order valence-electron chi connectivity index (χ3n) is 5.23. The number of carboxylic acid groups (broad SMARTS) is 1. The van der Waals surface area contributed by atoms with E-state index in [0.29, 0.717) is 12.2 Å². The molecule has 0 heterocycles. The summed E-state index contributed by atoms with van der Waals surface area (Å²) in [5.74, 6) is -3.04. The van der Waals surface area contributed by atoms with Crippen LogP contribution >= 0.6 is 0 Å². The topological polar surface area (TPSA) is 105 Å². The van der Waals surface area contributed by atoms with E-state index in [2.05, 4.69) is 10.9 Å². The van der Waals surface area contributed by atoms with Crippen LogP contribution in [0.5, 0.6) is 5.75 Å². The molecule has 5 unspecified atom stereocenters. The lowest BCUT2D eigenvalue weighted by atomic mass is 9.82. The van der Waals surface area contributed by atoms with E-state index in [1.807, 2.05) is 44.2 Å². The SMILES string of the molecule is Cc1cc(C)cc(OC(C)C(=O)NNC(=O)C2C3C=CC(C3)C2C(=O)O)c1. The Kier molecular flexibility index (Phi) is 5.21. The maximum absolute atomic E-state index is 12.5.